The van der Waals surface area contributed by atoms with Crippen LogP contribution in [-0.4, -0.2) is 22.9 Å². The molecule has 0 aliphatic carbocycles. The Morgan fingerprint density at radius 1 is 1.38 bits per heavy atom. The van der Waals surface area contributed by atoms with Crippen LogP contribution >= 0.6 is 15.9 Å². The van der Waals surface area contributed by atoms with Crippen LogP contribution in [0.3, 0.4) is 0 Å². The third-order valence-electron chi connectivity index (χ3n) is 1.71. The average Bonchev–Trinajstić information content (AvgIpc) is 2.16. The molecular formula is C11H17BrO4. The highest BCUT2D eigenvalue weighted by molar-refractivity contribution is 9.10. The molecule has 0 bridgehead atoms. The van der Waals surface area contributed by atoms with Crippen molar-refractivity contribution < 1.29 is 19.1 Å². The van der Waals surface area contributed by atoms with Crippen molar-refractivity contribution in [3.05, 3.63) is 12.8 Å². The summed E-state index contributed by atoms with van der Waals surface area (Å²) in [7, 11) is 0. The molecule has 0 saturated heterocycles. The molecule has 5 heteroatoms. The van der Waals surface area contributed by atoms with Crippen LogP contribution in [0.25, 0.3) is 0 Å². The molecule has 0 aliphatic heterocycles. The highest BCUT2D eigenvalue weighted by Gasteiger charge is 2.24. The molecule has 16 heavy (non-hydrogen) atoms. The third-order valence-corrected chi connectivity index (χ3v) is 2.03. The minimum atomic E-state index is -0.658. The molecule has 0 aromatic rings. The monoisotopic (exact) mass is 292 g/mol. The predicted octanol–water partition coefficient (Wildman–Crippen LogP) is 2.56. The van der Waals surface area contributed by atoms with Crippen molar-refractivity contribution in [3.63, 3.8) is 0 Å². The number of ether oxygens (including phenoxy) is 2. The van der Waals surface area contributed by atoms with Crippen LogP contribution < -0.4 is 0 Å². The van der Waals surface area contributed by atoms with Crippen molar-refractivity contribution in [2.24, 2.45) is 0 Å². The topological polar surface area (TPSA) is 52.6 Å². The molecule has 0 N–H and O–H groups in total. The molecular weight excluding hydrogens is 276 g/mol. The highest BCUT2D eigenvalue weighted by Crippen LogP contribution is 2.17. The quantitative estimate of drug-likeness (QED) is 0.313. The number of hydrogen-bond donors (Lipinski definition) is 0. The summed E-state index contributed by atoms with van der Waals surface area (Å²) in [4.78, 5) is 22.2. The molecule has 0 fully saturated rings. The Morgan fingerprint density at radius 3 is 2.50 bits per heavy atom. The molecule has 0 saturated carbocycles. The van der Waals surface area contributed by atoms with Gasteiger partial charge in [-0.05, 0) is 26.7 Å². The van der Waals surface area contributed by atoms with Gasteiger partial charge in [-0.25, -0.2) is 0 Å². The van der Waals surface area contributed by atoms with Gasteiger partial charge in [0.2, 0.25) is 0 Å². The van der Waals surface area contributed by atoms with Crippen molar-refractivity contribution in [3.8, 4) is 0 Å². The van der Waals surface area contributed by atoms with E-state index in [1.807, 2.05) is 0 Å². The number of carbonyl (C=O) groups is 2. The number of unbranched alkanes of at least 4 members (excludes halogenated alkanes) is 1. The number of esters is 2. The number of hydrogen-bond acceptors (Lipinski definition) is 4. The third kappa shape index (κ3) is 7.45. The standard InChI is InChI=1S/C11H17BrO4/c1-4-15-9(13)7-5-6-8-16-10(14)11(2,3)12/h4H,1,5-8H2,2-3H3. The normalized spacial score (nSPS) is 10.7. The van der Waals surface area contributed by atoms with Crippen molar-refractivity contribution >= 4 is 27.9 Å². The van der Waals surface area contributed by atoms with Crippen LogP contribution in [0.5, 0.6) is 0 Å². The Balaban J connectivity index is 3.51. The van der Waals surface area contributed by atoms with E-state index in [1.54, 1.807) is 13.8 Å². The first-order valence-corrected chi connectivity index (χ1v) is 5.83. The first-order valence-electron chi connectivity index (χ1n) is 5.04. The van der Waals surface area contributed by atoms with E-state index in [4.69, 9.17) is 4.74 Å². The smallest absolute Gasteiger partial charge is 0.322 e. The molecule has 0 spiro atoms. The lowest BCUT2D eigenvalue weighted by molar-refractivity contribution is -0.145. The van der Waals surface area contributed by atoms with Gasteiger partial charge in [0.1, 0.15) is 4.32 Å². The van der Waals surface area contributed by atoms with Gasteiger partial charge in [0.05, 0.1) is 12.9 Å². The van der Waals surface area contributed by atoms with E-state index >= 15 is 0 Å². The van der Waals surface area contributed by atoms with Gasteiger partial charge in [0, 0.05) is 6.42 Å². The lowest BCUT2D eigenvalue weighted by Gasteiger charge is -2.14. The van der Waals surface area contributed by atoms with Crippen LogP contribution in [0, 0.1) is 0 Å². The summed E-state index contributed by atoms with van der Waals surface area (Å²) in [6.07, 6.45) is 2.68. The predicted molar refractivity (Wildman–Crippen MR) is 64.1 cm³/mol. The zero-order valence-corrected chi connectivity index (χ0v) is 11.2. The van der Waals surface area contributed by atoms with Crippen molar-refractivity contribution in [2.75, 3.05) is 6.61 Å². The van der Waals surface area contributed by atoms with Gasteiger partial charge in [-0.3, -0.25) is 9.59 Å². The second-order valence-electron chi connectivity index (χ2n) is 3.72. The van der Waals surface area contributed by atoms with Gasteiger partial charge in [0.25, 0.3) is 0 Å². The number of rotatable bonds is 7. The Labute approximate surface area is 104 Å². The molecule has 0 aliphatic rings. The molecule has 0 amide bonds. The van der Waals surface area contributed by atoms with E-state index in [0.717, 1.165) is 6.26 Å². The molecule has 0 rings (SSSR count). The molecule has 92 valence electrons. The maximum Gasteiger partial charge on any atom is 0.322 e. The molecule has 0 heterocycles. The lowest BCUT2D eigenvalue weighted by atomic mass is 10.2. The fourth-order valence-electron chi connectivity index (χ4n) is 0.860. The minimum absolute atomic E-state index is 0.304. The van der Waals surface area contributed by atoms with Crippen LogP contribution in [-0.2, 0) is 19.1 Å². The first kappa shape index (κ1) is 15.2. The number of alkyl halides is 1. The molecule has 0 radical (unpaired) electrons. The summed E-state index contributed by atoms with van der Waals surface area (Å²) in [6, 6.07) is 0. The van der Waals surface area contributed by atoms with Crippen molar-refractivity contribution in [1.29, 1.82) is 0 Å². The summed E-state index contributed by atoms with van der Waals surface area (Å²) < 4.78 is 8.87. The Kier molecular flexibility index (Phi) is 7.05. The van der Waals surface area contributed by atoms with E-state index in [2.05, 4.69) is 27.2 Å². The molecule has 0 unspecified atom stereocenters. The van der Waals surface area contributed by atoms with Crippen LogP contribution in [0.4, 0.5) is 0 Å². The summed E-state index contributed by atoms with van der Waals surface area (Å²) in [6.45, 7) is 7.03. The maximum absolute atomic E-state index is 11.3. The summed E-state index contributed by atoms with van der Waals surface area (Å²) in [5.41, 5.74) is 0. The van der Waals surface area contributed by atoms with Crippen LogP contribution in [0.15, 0.2) is 12.8 Å². The minimum Gasteiger partial charge on any atom is -0.465 e. The zero-order valence-electron chi connectivity index (χ0n) is 9.62. The number of halogens is 1. The molecule has 0 atom stereocenters. The summed E-state index contributed by atoms with van der Waals surface area (Å²) in [5.74, 6) is -0.622. The fourth-order valence-corrected chi connectivity index (χ4v) is 0.974. The number of carbonyl (C=O) groups excluding carboxylic acids is 2. The Bertz CT molecular complexity index is 255. The van der Waals surface area contributed by atoms with Gasteiger partial charge >= 0.3 is 11.9 Å². The molecule has 0 aromatic carbocycles. The first-order chi connectivity index (χ1) is 7.38. The zero-order chi connectivity index (χ0) is 12.6. The Hall–Kier alpha value is -0.840. The van der Waals surface area contributed by atoms with Gasteiger partial charge in [0.15, 0.2) is 0 Å². The van der Waals surface area contributed by atoms with Crippen molar-refractivity contribution in [2.45, 2.75) is 37.4 Å². The lowest BCUT2D eigenvalue weighted by Crippen LogP contribution is -2.26. The van der Waals surface area contributed by atoms with E-state index in [1.165, 1.54) is 0 Å². The van der Waals surface area contributed by atoms with Crippen LogP contribution in [0.1, 0.15) is 33.1 Å². The van der Waals surface area contributed by atoms with Gasteiger partial charge < -0.3 is 9.47 Å². The van der Waals surface area contributed by atoms with Gasteiger partial charge in [-0.1, -0.05) is 22.5 Å². The average molecular weight is 293 g/mol. The highest BCUT2D eigenvalue weighted by atomic mass is 79.9. The molecule has 0 aromatic heterocycles. The van der Waals surface area contributed by atoms with E-state index < -0.39 is 4.32 Å². The van der Waals surface area contributed by atoms with E-state index in [9.17, 15) is 9.59 Å². The maximum atomic E-state index is 11.3. The van der Waals surface area contributed by atoms with Gasteiger partial charge in [-0.2, -0.15) is 0 Å². The fraction of sp³-hybridized carbons (Fsp3) is 0.636. The Morgan fingerprint density at radius 2 is 2.00 bits per heavy atom. The second kappa shape index (κ2) is 7.44. The SMILES string of the molecule is C=COC(=O)CCCCOC(=O)C(C)(C)Br. The summed E-state index contributed by atoms with van der Waals surface area (Å²) in [5, 5.41) is 0. The van der Waals surface area contributed by atoms with E-state index in [-0.39, 0.29) is 11.9 Å². The van der Waals surface area contributed by atoms with Gasteiger partial charge in [-0.15, -0.1) is 0 Å². The second-order valence-corrected chi connectivity index (χ2v) is 5.70. The largest absolute Gasteiger partial charge is 0.465 e. The van der Waals surface area contributed by atoms with Crippen LogP contribution in [0.2, 0.25) is 0 Å². The van der Waals surface area contributed by atoms with E-state index in [0.29, 0.717) is 25.9 Å². The summed E-state index contributed by atoms with van der Waals surface area (Å²) >= 11 is 3.20. The molecule has 4 nitrogen and oxygen atoms in total. The van der Waals surface area contributed by atoms with Crippen molar-refractivity contribution in [1.82, 2.24) is 0 Å².